The highest BCUT2D eigenvalue weighted by molar-refractivity contribution is 5.61. The summed E-state index contributed by atoms with van der Waals surface area (Å²) in [6, 6.07) is 9.22. The molecule has 4 rings (SSSR count). The van der Waals surface area contributed by atoms with E-state index in [0.717, 1.165) is 25.0 Å². The SMILES string of the molecule is FC(F)(F)c1cnc(Nc2ccc(N3CCOCC3)cc2)nc1NCc1ccn[nH]1. The second-order valence-electron chi connectivity index (χ2n) is 6.66. The van der Waals surface area contributed by atoms with Gasteiger partial charge in [-0.05, 0) is 30.3 Å². The molecule has 0 radical (unpaired) electrons. The first kappa shape index (κ1) is 20.0. The smallest absolute Gasteiger partial charge is 0.378 e. The molecule has 3 N–H and O–H groups in total. The Morgan fingerprint density at radius 2 is 1.87 bits per heavy atom. The lowest BCUT2D eigenvalue weighted by molar-refractivity contribution is -0.137. The first-order valence-electron chi connectivity index (χ1n) is 9.35. The minimum Gasteiger partial charge on any atom is -0.378 e. The molecule has 0 bridgehead atoms. The highest BCUT2D eigenvalue weighted by Crippen LogP contribution is 2.34. The van der Waals surface area contributed by atoms with Crippen LogP contribution in [0.3, 0.4) is 0 Å². The van der Waals surface area contributed by atoms with E-state index in [4.69, 9.17) is 4.74 Å². The first-order valence-corrected chi connectivity index (χ1v) is 9.35. The van der Waals surface area contributed by atoms with Crippen molar-refractivity contribution in [1.82, 2.24) is 20.2 Å². The highest BCUT2D eigenvalue weighted by atomic mass is 19.4. The number of halogens is 3. The molecule has 0 saturated carbocycles. The van der Waals surface area contributed by atoms with Crippen LogP contribution in [0.2, 0.25) is 0 Å². The lowest BCUT2D eigenvalue weighted by Gasteiger charge is -2.28. The molecule has 11 heteroatoms. The minimum absolute atomic E-state index is 0.0641. The zero-order valence-corrected chi connectivity index (χ0v) is 15.9. The number of morpholine rings is 1. The van der Waals surface area contributed by atoms with Crippen molar-refractivity contribution in [2.75, 3.05) is 41.8 Å². The number of ether oxygens (including phenoxy) is 1. The van der Waals surface area contributed by atoms with Gasteiger partial charge in [0.15, 0.2) is 0 Å². The molecule has 1 saturated heterocycles. The Kier molecular flexibility index (Phi) is 5.70. The summed E-state index contributed by atoms with van der Waals surface area (Å²) in [5, 5.41) is 12.1. The van der Waals surface area contributed by atoms with Gasteiger partial charge in [-0.15, -0.1) is 0 Å². The van der Waals surface area contributed by atoms with E-state index in [0.29, 0.717) is 24.6 Å². The molecule has 1 aliphatic heterocycles. The van der Waals surface area contributed by atoms with Crippen molar-refractivity contribution < 1.29 is 17.9 Å². The summed E-state index contributed by atoms with van der Waals surface area (Å²) in [5.41, 5.74) is 1.43. The molecular formula is C19H20F3N7O. The van der Waals surface area contributed by atoms with Crippen LogP contribution in [-0.4, -0.2) is 46.5 Å². The largest absolute Gasteiger partial charge is 0.421 e. The van der Waals surface area contributed by atoms with Gasteiger partial charge in [0.05, 0.1) is 25.5 Å². The summed E-state index contributed by atoms with van der Waals surface area (Å²) in [6.07, 6.45) is -2.28. The van der Waals surface area contributed by atoms with Gasteiger partial charge in [0.2, 0.25) is 5.95 Å². The van der Waals surface area contributed by atoms with Gasteiger partial charge in [-0.1, -0.05) is 0 Å². The zero-order valence-electron chi connectivity index (χ0n) is 15.9. The van der Waals surface area contributed by atoms with E-state index in [-0.39, 0.29) is 18.3 Å². The van der Waals surface area contributed by atoms with Crippen LogP contribution in [-0.2, 0) is 17.5 Å². The van der Waals surface area contributed by atoms with Crippen LogP contribution in [0.5, 0.6) is 0 Å². The number of alkyl halides is 3. The number of nitrogens with zero attached hydrogens (tertiary/aromatic N) is 4. The summed E-state index contributed by atoms with van der Waals surface area (Å²) in [5.74, 6) is -0.242. The molecule has 158 valence electrons. The van der Waals surface area contributed by atoms with Crippen LogP contribution in [0, 0.1) is 0 Å². The summed E-state index contributed by atoms with van der Waals surface area (Å²) >= 11 is 0. The molecule has 0 unspecified atom stereocenters. The van der Waals surface area contributed by atoms with Crippen LogP contribution in [0.1, 0.15) is 11.3 Å². The van der Waals surface area contributed by atoms with Gasteiger partial charge < -0.3 is 20.3 Å². The standard InChI is InChI=1S/C19H20F3N7O/c20-19(21,22)16-12-24-18(27-17(16)23-11-14-5-6-25-28-14)26-13-1-3-15(4-2-13)29-7-9-30-10-8-29/h1-6,12H,7-11H2,(H,25,28)(H2,23,24,26,27). The molecule has 2 aromatic heterocycles. The summed E-state index contributed by atoms with van der Waals surface area (Å²) in [7, 11) is 0. The second-order valence-corrected chi connectivity index (χ2v) is 6.66. The van der Waals surface area contributed by atoms with Crippen LogP contribution in [0.4, 0.5) is 36.3 Å². The van der Waals surface area contributed by atoms with Gasteiger partial charge in [0.1, 0.15) is 11.4 Å². The number of aromatic nitrogens is 4. The Bertz CT molecular complexity index is 955. The lowest BCUT2D eigenvalue weighted by atomic mass is 10.2. The molecule has 30 heavy (non-hydrogen) atoms. The van der Waals surface area contributed by atoms with Crippen molar-refractivity contribution >= 4 is 23.1 Å². The van der Waals surface area contributed by atoms with Crippen molar-refractivity contribution in [2.45, 2.75) is 12.7 Å². The maximum absolute atomic E-state index is 13.3. The monoisotopic (exact) mass is 419 g/mol. The Balaban J connectivity index is 1.49. The fourth-order valence-corrected chi connectivity index (χ4v) is 3.05. The molecule has 3 aromatic rings. The number of anilines is 4. The Labute approximate surface area is 170 Å². The van der Waals surface area contributed by atoms with Crippen LogP contribution < -0.4 is 15.5 Å². The average Bonchev–Trinajstić information content (AvgIpc) is 3.26. The number of rotatable bonds is 6. The Morgan fingerprint density at radius 1 is 1.10 bits per heavy atom. The fourth-order valence-electron chi connectivity index (χ4n) is 3.05. The quantitative estimate of drug-likeness (QED) is 0.564. The molecular weight excluding hydrogens is 399 g/mol. The predicted octanol–water partition coefficient (Wildman–Crippen LogP) is 3.41. The number of benzene rings is 1. The van der Waals surface area contributed by atoms with Gasteiger partial charge in [-0.3, -0.25) is 5.10 Å². The highest BCUT2D eigenvalue weighted by Gasteiger charge is 2.35. The summed E-state index contributed by atoms with van der Waals surface area (Å²) in [4.78, 5) is 10.1. The molecule has 1 fully saturated rings. The molecule has 3 heterocycles. The maximum Gasteiger partial charge on any atom is 0.421 e. The van der Waals surface area contributed by atoms with Crippen molar-refractivity contribution in [3.05, 3.63) is 54.0 Å². The van der Waals surface area contributed by atoms with Crippen LogP contribution in [0.25, 0.3) is 0 Å². The Morgan fingerprint density at radius 3 is 2.53 bits per heavy atom. The number of nitrogens with one attached hydrogen (secondary N) is 3. The summed E-state index contributed by atoms with van der Waals surface area (Å²) < 4.78 is 45.3. The van der Waals surface area contributed by atoms with Crippen molar-refractivity contribution in [2.24, 2.45) is 0 Å². The van der Waals surface area contributed by atoms with E-state index < -0.39 is 11.7 Å². The van der Waals surface area contributed by atoms with E-state index in [2.05, 4.69) is 35.7 Å². The van der Waals surface area contributed by atoms with Crippen LogP contribution in [0.15, 0.2) is 42.7 Å². The number of H-pyrrole nitrogens is 1. The third-order valence-corrected chi connectivity index (χ3v) is 4.60. The van der Waals surface area contributed by atoms with E-state index in [1.807, 2.05) is 24.3 Å². The molecule has 0 aliphatic carbocycles. The predicted molar refractivity (Wildman–Crippen MR) is 106 cm³/mol. The molecule has 1 aliphatic rings. The zero-order chi connectivity index (χ0) is 21.0. The topological polar surface area (TPSA) is 91.0 Å². The van der Waals surface area contributed by atoms with Crippen LogP contribution >= 0.6 is 0 Å². The third-order valence-electron chi connectivity index (χ3n) is 4.60. The summed E-state index contributed by atoms with van der Waals surface area (Å²) in [6.45, 7) is 3.13. The normalized spacial score (nSPS) is 14.6. The number of aromatic amines is 1. The molecule has 0 spiro atoms. The van der Waals surface area contributed by atoms with Crippen molar-refractivity contribution in [3.63, 3.8) is 0 Å². The van der Waals surface area contributed by atoms with E-state index in [1.165, 1.54) is 6.20 Å². The van der Waals surface area contributed by atoms with Gasteiger partial charge in [0.25, 0.3) is 0 Å². The number of hydrogen-bond donors (Lipinski definition) is 3. The van der Waals surface area contributed by atoms with Gasteiger partial charge >= 0.3 is 6.18 Å². The number of hydrogen-bond acceptors (Lipinski definition) is 7. The van der Waals surface area contributed by atoms with E-state index in [1.54, 1.807) is 6.07 Å². The van der Waals surface area contributed by atoms with Gasteiger partial charge in [0, 0.05) is 36.9 Å². The minimum atomic E-state index is -4.57. The fraction of sp³-hybridized carbons (Fsp3) is 0.316. The maximum atomic E-state index is 13.3. The third kappa shape index (κ3) is 4.79. The molecule has 1 aromatic carbocycles. The Hall–Kier alpha value is -3.34. The molecule has 0 amide bonds. The molecule has 8 nitrogen and oxygen atoms in total. The molecule has 0 atom stereocenters. The first-order chi connectivity index (χ1) is 14.5. The van der Waals surface area contributed by atoms with E-state index >= 15 is 0 Å². The second kappa shape index (κ2) is 8.57. The lowest BCUT2D eigenvalue weighted by Crippen LogP contribution is -2.36. The van der Waals surface area contributed by atoms with Crippen molar-refractivity contribution in [3.8, 4) is 0 Å². The van der Waals surface area contributed by atoms with Crippen molar-refractivity contribution in [1.29, 1.82) is 0 Å². The average molecular weight is 419 g/mol. The van der Waals surface area contributed by atoms with Gasteiger partial charge in [-0.25, -0.2) is 4.98 Å². The van der Waals surface area contributed by atoms with Gasteiger partial charge in [-0.2, -0.15) is 23.3 Å². The van der Waals surface area contributed by atoms with E-state index in [9.17, 15) is 13.2 Å².